The van der Waals surface area contributed by atoms with Crippen molar-refractivity contribution in [2.24, 2.45) is 0 Å². The molecule has 0 N–H and O–H groups in total. The summed E-state index contributed by atoms with van der Waals surface area (Å²) in [6, 6.07) is 10.4. The highest BCUT2D eigenvalue weighted by atomic mass is 16.2. The minimum absolute atomic E-state index is 0.141. The van der Waals surface area contributed by atoms with Crippen LogP contribution in [0.5, 0.6) is 0 Å². The molecule has 5 heteroatoms. The third kappa shape index (κ3) is 3.24. The zero-order chi connectivity index (χ0) is 14.7. The van der Waals surface area contributed by atoms with Gasteiger partial charge >= 0.3 is 0 Å². The lowest BCUT2D eigenvalue weighted by Gasteiger charge is -2.36. The Hall–Kier alpha value is -2.30. The number of carbonyl (C=O) groups excluding carboxylic acids is 1. The molecule has 0 aliphatic carbocycles. The van der Waals surface area contributed by atoms with Crippen LogP contribution in [0.25, 0.3) is 0 Å². The fourth-order valence-corrected chi connectivity index (χ4v) is 2.67. The van der Waals surface area contributed by atoms with Gasteiger partial charge in [0.25, 0.3) is 0 Å². The molecule has 0 saturated carbocycles. The van der Waals surface area contributed by atoms with Gasteiger partial charge < -0.3 is 9.80 Å². The summed E-state index contributed by atoms with van der Waals surface area (Å²) in [5.41, 5.74) is 2.51. The van der Waals surface area contributed by atoms with Crippen molar-refractivity contribution in [1.29, 1.82) is 0 Å². The van der Waals surface area contributed by atoms with E-state index in [1.165, 1.54) is 11.3 Å². The molecule has 1 aliphatic rings. The number of nitrogens with zero attached hydrogens (tertiary/aromatic N) is 4. The average Bonchev–Trinajstić information content (AvgIpc) is 3.00. The first-order chi connectivity index (χ1) is 10.2. The molecule has 1 aliphatic heterocycles. The number of piperazine rings is 1. The largest absolute Gasteiger partial charge is 0.368 e. The fraction of sp³-hybridized carbons (Fsp3) is 0.375. The maximum atomic E-state index is 12.2. The Bertz CT molecular complexity index is 600. The van der Waals surface area contributed by atoms with Gasteiger partial charge in [-0.2, -0.15) is 5.10 Å². The van der Waals surface area contributed by atoms with Gasteiger partial charge in [0.1, 0.15) is 6.54 Å². The number of aryl methyl sites for hydroxylation is 1. The van der Waals surface area contributed by atoms with E-state index in [4.69, 9.17) is 0 Å². The lowest BCUT2D eigenvalue weighted by molar-refractivity contribution is -0.132. The molecule has 0 radical (unpaired) electrons. The number of anilines is 1. The molecule has 0 spiro atoms. The third-order valence-electron chi connectivity index (χ3n) is 3.86. The van der Waals surface area contributed by atoms with Gasteiger partial charge in [-0.15, -0.1) is 0 Å². The van der Waals surface area contributed by atoms with Crippen LogP contribution in [0.3, 0.4) is 0 Å². The van der Waals surface area contributed by atoms with Crippen molar-refractivity contribution in [1.82, 2.24) is 14.7 Å². The van der Waals surface area contributed by atoms with Gasteiger partial charge in [0.15, 0.2) is 0 Å². The Kier molecular flexibility index (Phi) is 3.90. The number of aromatic nitrogens is 2. The van der Waals surface area contributed by atoms with E-state index in [0.29, 0.717) is 6.54 Å². The highest BCUT2D eigenvalue weighted by molar-refractivity contribution is 5.76. The van der Waals surface area contributed by atoms with Crippen molar-refractivity contribution in [3.63, 3.8) is 0 Å². The summed E-state index contributed by atoms with van der Waals surface area (Å²) in [7, 11) is 0. The summed E-state index contributed by atoms with van der Waals surface area (Å²) in [4.78, 5) is 16.5. The second-order valence-electron chi connectivity index (χ2n) is 5.41. The SMILES string of the molecule is Cc1cccc(N2CCN(C(=O)Cn3cccn3)CC2)c1. The lowest BCUT2D eigenvalue weighted by Crippen LogP contribution is -2.49. The highest BCUT2D eigenvalue weighted by Gasteiger charge is 2.21. The summed E-state index contributed by atoms with van der Waals surface area (Å²) < 4.78 is 1.68. The molecule has 0 atom stereocenters. The van der Waals surface area contributed by atoms with Crippen LogP contribution in [0.4, 0.5) is 5.69 Å². The van der Waals surface area contributed by atoms with Gasteiger partial charge in [-0.1, -0.05) is 12.1 Å². The molecule has 1 aromatic heterocycles. The second kappa shape index (κ2) is 5.99. The Labute approximate surface area is 124 Å². The molecular formula is C16H20N4O. The van der Waals surface area contributed by atoms with Crippen molar-refractivity contribution < 1.29 is 4.79 Å². The van der Waals surface area contributed by atoms with Gasteiger partial charge in [-0.05, 0) is 30.7 Å². The minimum Gasteiger partial charge on any atom is -0.368 e. The number of benzene rings is 1. The smallest absolute Gasteiger partial charge is 0.244 e. The normalized spacial score (nSPS) is 15.3. The quantitative estimate of drug-likeness (QED) is 0.858. The molecule has 2 aromatic rings. The monoisotopic (exact) mass is 284 g/mol. The summed E-state index contributed by atoms with van der Waals surface area (Å²) in [5, 5.41) is 4.08. The number of hydrogen-bond donors (Lipinski definition) is 0. The number of amides is 1. The molecule has 2 heterocycles. The molecular weight excluding hydrogens is 264 g/mol. The number of rotatable bonds is 3. The van der Waals surface area contributed by atoms with Gasteiger partial charge in [-0.25, -0.2) is 0 Å². The van der Waals surface area contributed by atoms with Crippen molar-refractivity contribution >= 4 is 11.6 Å². The van der Waals surface area contributed by atoms with Crippen LogP contribution in [0, 0.1) is 6.92 Å². The van der Waals surface area contributed by atoms with Crippen LogP contribution in [0.2, 0.25) is 0 Å². The van der Waals surface area contributed by atoms with Gasteiger partial charge in [0.2, 0.25) is 5.91 Å². The van der Waals surface area contributed by atoms with Gasteiger partial charge in [0, 0.05) is 44.3 Å². The zero-order valence-corrected chi connectivity index (χ0v) is 12.3. The molecule has 1 amide bonds. The average molecular weight is 284 g/mol. The first-order valence-electron chi connectivity index (χ1n) is 7.29. The van der Waals surface area contributed by atoms with E-state index in [2.05, 4.69) is 41.2 Å². The zero-order valence-electron chi connectivity index (χ0n) is 12.3. The molecule has 0 unspecified atom stereocenters. The summed E-state index contributed by atoms with van der Waals surface area (Å²) >= 11 is 0. The first kappa shape index (κ1) is 13.7. The van der Waals surface area contributed by atoms with Crippen molar-refractivity contribution in [3.8, 4) is 0 Å². The number of hydrogen-bond acceptors (Lipinski definition) is 3. The molecule has 1 saturated heterocycles. The van der Waals surface area contributed by atoms with E-state index in [1.807, 2.05) is 17.2 Å². The molecule has 0 bridgehead atoms. The van der Waals surface area contributed by atoms with Crippen LogP contribution in [-0.4, -0.2) is 46.8 Å². The Morgan fingerprint density at radius 2 is 2.00 bits per heavy atom. The van der Waals surface area contributed by atoms with E-state index in [1.54, 1.807) is 10.9 Å². The van der Waals surface area contributed by atoms with Crippen LogP contribution < -0.4 is 4.90 Å². The van der Waals surface area contributed by atoms with Crippen LogP contribution >= 0.6 is 0 Å². The van der Waals surface area contributed by atoms with Crippen molar-refractivity contribution in [2.75, 3.05) is 31.1 Å². The van der Waals surface area contributed by atoms with E-state index in [9.17, 15) is 4.79 Å². The summed E-state index contributed by atoms with van der Waals surface area (Å²) in [6.45, 7) is 5.75. The van der Waals surface area contributed by atoms with E-state index >= 15 is 0 Å². The molecule has 3 rings (SSSR count). The third-order valence-corrected chi connectivity index (χ3v) is 3.86. The second-order valence-corrected chi connectivity index (χ2v) is 5.41. The molecule has 1 fully saturated rings. The van der Waals surface area contributed by atoms with Gasteiger partial charge in [0.05, 0.1) is 0 Å². The van der Waals surface area contributed by atoms with Crippen LogP contribution in [0.1, 0.15) is 5.56 Å². The Morgan fingerprint density at radius 3 is 2.67 bits per heavy atom. The predicted molar refractivity (Wildman–Crippen MR) is 82.2 cm³/mol. The maximum absolute atomic E-state index is 12.2. The predicted octanol–water partition coefficient (Wildman–Crippen LogP) is 1.54. The first-order valence-corrected chi connectivity index (χ1v) is 7.29. The molecule has 110 valence electrons. The molecule has 1 aromatic carbocycles. The van der Waals surface area contributed by atoms with E-state index < -0.39 is 0 Å². The van der Waals surface area contributed by atoms with Crippen LogP contribution in [-0.2, 0) is 11.3 Å². The van der Waals surface area contributed by atoms with E-state index in [0.717, 1.165) is 26.2 Å². The van der Waals surface area contributed by atoms with Gasteiger partial charge in [-0.3, -0.25) is 9.48 Å². The minimum atomic E-state index is 0.141. The topological polar surface area (TPSA) is 41.4 Å². The fourth-order valence-electron chi connectivity index (χ4n) is 2.67. The lowest BCUT2D eigenvalue weighted by atomic mass is 10.2. The molecule has 21 heavy (non-hydrogen) atoms. The Balaban J connectivity index is 1.56. The Morgan fingerprint density at radius 1 is 1.19 bits per heavy atom. The molecule has 5 nitrogen and oxygen atoms in total. The number of carbonyl (C=O) groups is 1. The maximum Gasteiger partial charge on any atom is 0.244 e. The highest BCUT2D eigenvalue weighted by Crippen LogP contribution is 2.17. The standard InChI is InChI=1S/C16H20N4O/c1-14-4-2-5-15(12-14)18-8-10-19(11-9-18)16(21)13-20-7-3-6-17-20/h2-7,12H,8-11,13H2,1H3. The van der Waals surface area contributed by atoms with E-state index in [-0.39, 0.29) is 5.91 Å². The van der Waals surface area contributed by atoms with Crippen molar-refractivity contribution in [3.05, 3.63) is 48.3 Å². The van der Waals surface area contributed by atoms with Crippen molar-refractivity contribution in [2.45, 2.75) is 13.5 Å². The summed E-state index contributed by atoms with van der Waals surface area (Å²) in [6.07, 6.45) is 3.52. The summed E-state index contributed by atoms with van der Waals surface area (Å²) in [5.74, 6) is 0.141. The van der Waals surface area contributed by atoms with Crippen LogP contribution in [0.15, 0.2) is 42.7 Å².